The fraction of sp³-hybridized carbons (Fsp3) is 0.714. The molecule has 1 heterocycles. The van der Waals surface area contributed by atoms with Gasteiger partial charge in [-0.1, -0.05) is 37.1 Å². The Bertz CT molecular complexity index is 685. The van der Waals surface area contributed by atoms with E-state index in [4.69, 9.17) is 4.74 Å². The van der Waals surface area contributed by atoms with E-state index < -0.39 is 5.54 Å². The van der Waals surface area contributed by atoms with Gasteiger partial charge in [-0.15, -0.1) is 0 Å². The third kappa shape index (κ3) is 2.47. The van der Waals surface area contributed by atoms with Crippen LogP contribution in [0.5, 0.6) is 0 Å². The minimum absolute atomic E-state index is 0.0896. The van der Waals surface area contributed by atoms with Gasteiger partial charge < -0.3 is 10.1 Å². The van der Waals surface area contributed by atoms with Crippen LogP contribution in [0, 0.1) is 17.3 Å². The summed E-state index contributed by atoms with van der Waals surface area (Å²) in [5, 5.41) is 5.71. The number of fused-ring (bicyclic) bond motifs is 3. The zero-order valence-electron chi connectivity index (χ0n) is 16.1. The van der Waals surface area contributed by atoms with Crippen LogP contribution in [-0.4, -0.2) is 30.7 Å². The van der Waals surface area contributed by atoms with Crippen LogP contribution in [0.15, 0.2) is 23.3 Å². The van der Waals surface area contributed by atoms with Crippen molar-refractivity contribution in [2.24, 2.45) is 17.3 Å². The van der Waals surface area contributed by atoms with Gasteiger partial charge >= 0.3 is 6.03 Å². The zero-order valence-corrected chi connectivity index (χ0v) is 16.1. The Morgan fingerprint density at radius 3 is 2.54 bits per heavy atom. The first-order chi connectivity index (χ1) is 12.4. The second-order valence-corrected chi connectivity index (χ2v) is 9.03. The topological polar surface area (TPSA) is 67.4 Å². The summed E-state index contributed by atoms with van der Waals surface area (Å²) in [4.78, 5) is 25.3. The van der Waals surface area contributed by atoms with Crippen molar-refractivity contribution in [1.29, 1.82) is 0 Å². The van der Waals surface area contributed by atoms with Crippen LogP contribution < -0.4 is 10.6 Å². The highest BCUT2D eigenvalue weighted by Crippen LogP contribution is 2.62. The lowest BCUT2D eigenvalue weighted by Gasteiger charge is -2.47. The van der Waals surface area contributed by atoms with Gasteiger partial charge in [0.2, 0.25) is 0 Å². The highest BCUT2D eigenvalue weighted by Gasteiger charge is 2.69. The Labute approximate surface area is 155 Å². The van der Waals surface area contributed by atoms with Crippen molar-refractivity contribution in [2.45, 2.75) is 70.4 Å². The van der Waals surface area contributed by atoms with E-state index in [9.17, 15) is 9.59 Å². The highest BCUT2D eigenvalue weighted by molar-refractivity contribution is 6.08. The van der Waals surface area contributed by atoms with Gasteiger partial charge in [0.05, 0.1) is 6.10 Å². The minimum atomic E-state index is -0.787. The number of urea groups is 1. The Morgan fingerprint density at radius 1 is 1.23 bits per heavy atom. The predicted molar refractivity (Wildman–Crippen MR) is 99.4 cm³/mol. The van der Waals surface area contributed by atoms with Crippen LogP contribution in [0.3, 0.4) is 0 Å². The summed E-state index contributed by atoms with van der Waals surface area (Å²) in [6.45, 7) is 4.45. The van der Waals surface area contributed by atoms with Crippen LogP contribution in [-0.2, 0) is 9.53 Å². The molecule has 3 fully saturated rings. The fourth-order valence-corrected chi connectivity index (χ4v) is 6.03. The molecule has 4 aliphatic rings. The van der Waals surface area contributed by atoms with Crippen molar-refractivity contribution in [2.75, 3.05) is 7.11 Å². The molecular weight excluding hydrogens is 328 g/mol. The lowest BCUT2D eigenvalue weighted by molar-refractivity contribution is -0.132. The van der Waals surface area contributed by atoms with E-state index in [1.165, 1.54) is 11.1 Å². The molecule has 5 nitrogen and oxygen atoms in total. The van der Waals surface area contributed by atoms with Crippen molar-refractivity contribution >= 4 is 11.9 Å². The third-order valence-electron chi connectivity index (χ3n) is 7.14. The number of amides is 3. The number of methoxy groups -OCH3 is 1. The van der Waals surface area contributed by atoms with Crippen LogP contribution >= 0.6 is 0 Å². The van der Waals surface area contributed by atoms with E-state index >= 15 is 0 Å². The van der Waals surface area contributed by atoms with Gasteiger partial charge in [0.25, 0.3) is 5.91 Å². The number of carbonyl (C=O) groups is 2. The van der Waals surface area contributed by atoms with Gasteiger partial charge in [-0.05, 0) is 50.9 Å². The number of carbonyl (C=O) groups excluding carboxylic acids is 2. The van der Waals surface area contributed by atoms with Crippen LogP contribution in [0.4, 0.5) is 4.79 Å². The summed E-state index contributed by atoms with van der Waals surface area (Å²) >= 11 is 0. The van der Waals surface area contributed by atoms with Gasteiger partial charge in [0.1, 0.15) is 5.54 Å². The summed E-state index contributed by atoms with van der Waals surface area (Å²) in [6, 6.07) is -0.329. The highest BCUT2D eigenvalue weighted by atomic mass is 16.5. The molecule has 2 atom stereocenters. The Morgan fingerprint density at radius 2 is 1.96 bits per heavy atom. The molecule has 4 rings (SSSR count). The molecule has 2 N–H and O–H groups in total. The first kappa shape index (κ1) is 17.8. The molecule has 3 aliphatic carbocycles. The molecule has 2 unspecified atom stereocenters. The largest absolute Gasteiger partial charge is 0.381 e. The summed E-state index contributed by atoms with van der Waals surface area (Å²) in [6.07, 6.45) is 11.4. The standard InChI is InChI=1S/C21H30N2O3/c1-13(2)10-14-4-5-15-12-20(8-6-16(26-3)7-9-20)21(17(15)11-14)18(24)22-19(25)23-21/h4-5,13,16-17H,6-12H2,1-3H3,(H2,22,23,24,25). The Hall–Kier alpha value is -1.62. The first-order valence-electron chi connectivity index (χ1n) is 9.95. The average molecular weight is 358 g/mol. The lowest BCUT2D eigenvalue weighted by Crippen LogP contribution is -2.62. The normalized spacial score (nSPS) is 39.1. The van der Waals surface area contributed by atoms with Crippen molar-refractivity contribution in [1.82, 2.24) is 10.6 Å². The maximum absolute atomic E-state index is 13.1. The van der Waals surface area contributed by atoms with Crippen LogP contribution in [0.25, 0.3) is 0 Å². The molecule has 0 aromatic rings. The monoisotopic (exact) mass is 358 g/mol. The molecule has 26 heavy (non-hydrogen) atoms. The second kappa shape index (κ2) is 6.22. The Kier molecular flexibility index (Phi) is 4.25. The van der Waals surface area contributed by atoms with E-state index in [1.807, 2.05) is 0 Å². The third-order valence-corrected chi connectivity index (χ3v) is 7.14. The molecule has 1 saturated heterocycles. The quantitative estimate of drug-likeness (QED) is 0.759. The molecule has 0 aromatic heterocycles. The van der Waals surface area contributed by atoms with Crippen molar-refractivity contribution in [3.63, 3.8) is 0 Å². The number of hydrogen-bond acceptors (Lipinski definition) is 3. The van der Waals surface area contributed by atoms with E-state index in [0.29, 0.717) is 5.92 Å². The molecule has 1 aliphatic heterocycles. The summed E-state index contributed by atoms with van der Waals surface area (Å²) in [5.41, 5.74) is 1.76. The van der Waals surface area contributed by atoms with Gasteiger partial charge in [-0.2, -0.15) is 0 Å². The molecule has 0 aromatic carbocycles. The first-order valence-corrected chi connectivity index (χ1v) is 9.95. The molecule has 5 heteroatoms. The van der Waals surface area contributed by atoms with Crippen molar-refractivity contribution in [3.8, 4) is 0 Å². The fourth-order valence-electron chi connectivity index (χ4n) is 6.03. The van der Waals surface area contributed by atoms with E-state index in [0.717, 1.165) is 44.9 Å². The van der Waals surface area contributed by atoms with Gasteiger partial charge in [0.15, 0.2) is 0 Å². The van der Waals surface area contributed by atoms with Crippen molar-refractivity contribution in [3.05, 3.63) is 23.3 Å². The van der Waals surface area contributed by atoms with Crippen molar-refractivity contribution < 1.29 is 14.3 Å². The molecule has 2 spiro atoms. The second-order valence-electron chi connectivity index (χ2n) is 9.03. The number of hydrogen-bond donors (Lipinski definition) is 2. The van der Waals surface area contributed by atoms with Gasteiger partial charge in [0, 0.05) is 18.4 Å². The smallest absolute Gasteiger partial charge is 0.322 e. The summed E-state index contributed by atoms with van der Waals surface area (Å²) in [5.74, 6) is 0.566. The lowest BCUT2D eigenvalue weighted by atomic mass is 9.60. The number of rotatable bonds is 3. The Balaban J connectivity index is 1.71. The predicted octanol–water partition coefficient (Wildman–Crippen LogP) is 3.46. The summed E-state index contributed by atoms with van der Waals surface area (Å²) in [7, 11) is 1.77. The molecule has 142 valence electrons. The minimum Gasteiger partial charge on any atom is -0.381 e. The van der Waals surface area contributed by atoms with Crippen LogP contribution in [0.2, 0.25) is 0 Å². The summed E-state index contributed by atoms with van der Waals surface area (Å²) < 4.78 is 5.56. The van der Waals surface area contributed by atoms with Gasteiger partial charge in [-0.3, -0.25) is 10.1 Å². The average Bonchev–Trinajstić information content (AvgIpc) is 3.04. The van der Waals surface area contributed by atoms with E-state index in [1.54, 1.807) is 7.11 Å². The molecule has 2 saturated carbocycles. The maximum Gasteiger partial charge on any atom is 0.322 e. The maximum atomic E-state index is 13.1. The van der Waals surface area contributed by atoms with E-state index in [2.05, 4.69) is 36.6 Å². The van der Waals surface area contributed by atoms with Gasteiger partial charge in [-0.25, -0.2) is 4.79 Å². The molecule has 0 radical (unpaired) electrons. The molecule has 3 amide bonds. The number of imide groups is 1. The zero-order chi connectivity index (χ0) is 18.5. The van der Waals surface area contributed by atoms with E-state index in [-0.39, 0.29) is 29.4 Å². The molecular formula is C21H30N2O3. The number of ether oxygens (including phenoxy) is 1. The SMILES string of the molecule is COC1CCC2(CC1)CC1=CC=C(CC(C)C)CC1C21NC(=O)NC1=O. The molecule has 0 bridgehead atoms. The number of allylic oxidation sites excluding steroid dienone is 3. The van der Waals surface area contributed by atoms with Crippen LogP contribution in [0.1, 0.15) is 58.8 Å². The number of nitrogens with one attached hydrogen (secondary N) is 2.